The average Bonchev–Trinajstić information content (AvgIpc) is 2.17. The standard InChI is InChI=1S/C9H10N2O3/c12-5-10-9(11-6-13)7-2-1-3-8(14)4-7/h1-6,9,14H,(H,10,12)(H,11,13). The van der Waals surface area contributed by atoms with Gasteiger partial charge in [0.2, 0.25) is 12.8 Å². The molecule has 0 radical (unpaired) electrons. The van der Waals surface area contributed by atoms with Crippen molar-refractivity contribution in [3.8, 4) is 5.75 Å². The Morgan fingerprint density at radius 2 is 1.86 bits per heavy atom. The summed E-state index contributed by atoms with van der Waals surface area (Å²) in [7, 11) is 0. The van der Waals surface area contributed by atoms with E-state index in [0.29, 0.717) is 18.4 Å². The molecule has 0 aliphatic rings. The third-order valence-electron chi connectivity index (χ3n) is 1.67. The fraction of sp³-hybridized carbons (Fsp3) is 0.111. The quantitative estimate of drug-likeness (QED) is 0.451. The molecule has 5 heteroatoms. The zero-order chi connectivity index (χ0) is 10.4. The number of phenols is 1. The minimum atomic E-state index is -0.614. The smallest absolute Gasteiger partial charge is 0.208 e. The van der Waals surface area contributed by atoms with Gasteiger partial charge < -0.3 is 15.7 Å². The number of hydrogen-bond donors (Lipinski definition) is 3. The molecule has 0 saturated heterocycles. The number of nitrogens with one attached hydrogen (secondary N) is 2. The summed E-state index contributed by atoms with van der Waals surface area (Å²) in [5, 5.41) is 14.0. The second-order valence-electron chi connectivity index (χ2n) is 2.60. The first-order valence-corrected chi connectivity index (χ1v) is 3.96. The Balaban J connectivity index is 2.85. The average molecular weight is 194 g/mol. The lowest BCUT2D eigenvalue weighted by atomic mass is 10.1. The Morgan fingerprint density at radius 1 is 1.21 bits per heavy atom. The maximum atomic E-state index is 10.2. The highest BCUT2D eigenvalue weighted by atomic mass is 16.3. The van der Waals surface area contributed by atoms with Crippen LogP contribution in [0.5, 0.6) is 5.75 Å². The Hall–Kier alpha value is -2.04. The Kier molecular flexibility index (Phi) is 3.49. The molecule has 0 atom stereocenters. The van der Waals surface area contributed by atoms with E-state index in [1.165, 1.54) is 12.1 Å². The van der Waals surface area contributed by atoms with Crippen LogP contribution in [0.3, 0.4) is 0 Å². The highest BCUT2D eigenvalue weighted by molar-refractivity contribution is 5.52. The van der Waals surface area contributed by atoms with E-state index in [0.717, 1.165) is 0 Å². The molecule has 1 aromatic carbocycles. The molecule has 0 aromatic heterocycles. The fourth-order valence-electron chi connectivity index (χ4n) is 1.08. The molecule has 74 valence electrons. The Morgan fingerprint density at radius 3 is 2.36 bits per heavy atom. The SMILES string of the molecule is O=CNC(NC=O)c1cccc(O)c1. The van der Waals surface area contributed by atoms with E-state index in [9.17, 15) is 9.59 Å². The number of aromatic hydroxyl groups is 1. The molecule has 0 unspecified atom stereocenters. The van der Waals surface area contributed by atoms with E-state index >= 15 is 0 Å². The molecule has 0 aliphatic heterocycles. The van der Waals surface area contributed by atoms with Crippen LogP contribution in [0.25, 0.3) is 0 Å². The van der Waals surface area contributed by atoms with E-state index in [1.807, 2.05) is 0 Å². The van der Waals surface area contributed by atoms with Crippen LogP contribution < -0.4 is 10.6 Å². The number of rotatable bonds is 5. The lowest BCUT2D eigenvalue weighted by Gasteiger charge is -2.15. The Labute approximate surface area is 80.7 Å². The van der Waals surface area contributed by atoms with Crippen LogP contribution in [0.2, 0.25) is 0 Å². The van der Waals surface area contributed by atoms with Gasteiger partial charge in [-0.25, -0.2) is 0 Å². The predicted molar refractivity (Wildman–Crippen MR) is 49.2 cm³/mol. The van der Waals surface area contributed by atoms with Crippen LogP contribution in [0.1, 0.15) is 11.7 Å². The monoisotopic (exact) mass is 194 g/mol. The number of benzene rings is 1. The van der Waals surface area contributed by atoms with Gasteiger partial charge in [0.05, 0.1) is 0 Å². The van der Waals surface area contributed by atoms with Crippen molar-refractivity contribution in [2.24, 2.45) is 0 Å². The molecule has 2 amide bonds. The van der Waals surface area contributed by atoms with Crippen molar-refractivity contribution in [1.29, 1.82) is 0 Å². The van der Waals surface area contributed by atoms with Crippen LogP contribution in [0, 0.1) is 0 Å². The van der Waals surface area contributed by atoms with Crippen LogP contribution in [0.4, 0.5) is 0 Å². The first-order valence-electron chi connectivity index (χ1n) is 3.96. The summed E-state index contributed by atoms with van der Waals surface area (Å²) in [5.41, 5.74) is 0.601. The maximum Gasteiger partial charge on any atom is 0.208 e. The van der Waals surface area contributed by atoms with Crippen molar-refractivity contribution in [2.75, 3.05) is 0 Å². The van der Waals surface area contributed by atoms with Crippen molar-refractivity contribution in [1.82, 2.24) is 10.6 Å². The summed E-state index contributed by atoms with van der Waals surface area (Å²) in [6.45, 7) is 0. The summed E-state index contributed by atoms with van der Waals surface area (Å²) in [5.74, 6) is 0.0768. The second-order valence-corrected chi connectivity index (χ2v) is 2.60. The molecule has 0 aliphatic carbocycles. The number of carbonyl (C=O) groups excluding carboxylic acids is 2. The summed E-state index contributed by atoms with van der Waals surface area (Å²) in [6, 6.07) is 6.26. The van der Waals surface area contributed by atoms with Gasteiger partial charge >= 0.3 is 0 Å². The van der Waals surface area contributed by atoms with E-state index < -0.39 is 6.17 Å². The highest BCUT2D eigenvalue weighted by Crippen LogP contribution is 2.15. The summed E-state index contributed by atoms with van der Waals surface area (Å²) in [4.78, 5) is 20.4. The predicted octanol–water partition coefficient (Wildman–Crippen LogP) is -0.117. The van der Waals surface area contributed by atoms with Crippen molar-refractivity contribution in [2.45, 2.75) is 6.17 Å². The van der Waals surface area contributed by atoms with E-state index in [1.54, 1.807) is 12.1 Å². The van der Waals surface area contributed by atoms with E-state index in [-0.39, 0.29) is 5.75 Å². The van der Waals surface area contributed by atoms with Gasteiger partial charge in [-0.2, -0.15) is 0 Å². The maximum absolute atomic E-state index is 10.2. The minimum Gasteiger partial charge on any atom is -0.508 e. The molecular weight excluding hydrogens is 184 g/mol. The van der Waals surface area contributed by atoms with Gasteiger partial charge in [-0.3, -0.25) is 9.59 Å². The van der Waals surface area contributed by atoms with E-state index in [2.05, 4.69) is 10.6 Å². The Bertz CT molecular complexity index is 318. The van der Waals surface area contributed by atoms with Crippen LogP contribution in [-0.2, 0) is 9.59 Å². The third kappa shape index (κ3) is 2.48. The van der Waals surface area contributed by atoms with Crippen LogP contribution in [0.15, 0.2) is 24.3 Å². The number of hydrogen-bond acceptors (Lipinski definition) is 3. The molecule has 3 N–H and O–H groups in total. The largest absolute Gasteiger partial charge is 0.508 e. The van der Waals surface area contributed by atoms with Crippen molar-refractivity contribution < 1.29 is 14.7 Å². The fourth-order valence-corrected chi connectivity index (χ4v) is 1.08. The van der Waals surface area contributed by atoms with Gasteiger partial charge in [0.15, 0.2) is 0 Å². The molecule has 0 fully saturated rings. The normalized spacial score (nSPS) is 9.50. The highest BCUT2D eigenvalue weighted by Gasteiger charge is 2.08. The van der Waals surface area contributed by atoms with Gasteiger partial charge in [-0.1, -0.05) is 12.1 Å². The summed E-state index contributed by atoms with van der Waals surface area (Å²) < 4.78 is 0. The zero-order valence-corrected chi connectivity index (χ0v) is 7.31. The molecule has 5 nitrogen and oxygen atoms in total. The molecule has 0 saturated carbocycles. The molecule has 0 heterocycles. The molecular formula is C9H10N2O3. The summed E-state index contributed by atoms with van der Waals surface area (Å²) >= 11 is 0. The zero-order valence-electron chi connectivity index (χ0n) is 7.31. The summed E-state index contributed by atoms with van der Waals surface area (Å²) in [6.07, 6.45) is 0.341. The topological polar surface area (TPSA) is 78.4 Å². The minimum absolute atomic E-state index is 0.0768. The van der Waals surface area contributed by atoms with Crippen LogP contribution >= 0.6 is 0 Å². The van der Waals surface area contributed by atoms with Gasteiger partial charge in [0.25, 0.3) is 0 Å². The molecule has 0 bridgehead atoms. The molecule has 1 aromatic rings. The number of carbonyl (C=O) groups is 2. The number of phenolic OH excluding ortho intramolecular Hbond substituents is 1. The lowest BCUT2D eigenvalue weighted by Crippen LogP contribution is -2.32. The first-order chi connectivity index (χ1) is 6.77. The third-order valence-corrected chi connectivity index (χ3v) is 1.67. The first kappa shape index (κ1) is 10.0. The number of amides is 2. The van der Waals surface area contributed by atoms with Crippen molar-refractivity contribution in [3.63, 3.8) is 0 Å². The van der Waals surface area contributed by atoms with Gasteiger partial charge in [-0.05, 0) is 17.7 Å². The van der Waals surface area contributed by atoms with Gasteiger partial charge in [-0.15, -0.1) is 0 Å². The van der Waals surface area contributed by atoms with Gasteiger partial charge in [0, 0.05) is 0 Å². The van der Waals surface area contributed by atoms with E-state index in [4.69, 9.17) is 5.11 Å². The lowest BCUT2D eigenvalue weighted by molar-refractivity contribution is -0.112. The molecule has 14 heavy (non-hydrogen) atoms. The van der Waals surface area contributed by atoms with Crippen LogP contribution in [-0.4, -0.2) is 17.9 Å². The van der Waals surface area contributed by atoms with Crippen molar-refractivity contribution in [3.05, 3.63) is 29.8 Å². The van der Waals surface area contributed by atoms with Crippen molar-refractivity contribution >= 4 is 12.8 Å². The van der Waals surface area contributed by atoms with Gasteiger partial charge in [0.1, 0.15) is 11.9 Å². The molecule has 1 rings (SSSR count). The molecule has 0 spiro atoms. The second kappa shape index (κ2) is 4.86.